The highest BCUT2D eigenvalue weighted by molar-refractivity contribution is 7.50. The van der Waals surface area contributed by atoms with Gasteiger partial charge in [0.15, 0.2) is 14.3 Å². The quantitative estimate of drug-likeness (QED) is 0.227. The first-order valence-corrected chi connectivity index (χ1v) is 9.11. The summed E-state index contributed by atoms with van der Waals surface area (Å²) in [5, 5.41) is 0.413. The van der Waals surface area contributed by atoms with Gasteiger partial charge < -0.3 is 0 Å². The van der Waals surface area contributed by atoms with Crippen LogP contribution < -0.4 is 0 Å². The average Bonchev–Trinajstić information content (AvgIpc) is 2.94. The van der Waals surface area contributed by atoms with Gasteiger partial charge in [-0.1, -0.05) is 18.2 Å². The molecule has 0 aliphatic heterocycles. The number of fused-ring (bicyclic) bond motifs is 3. The van der Waals surface area contributed by atoms with E-state index in [2.05, 4.69) is 0 Å². The van der Waals surface area contributed by atoms with Crippen molar-refractivity contribution in [2.45, 2.75) is 12.4 Å². The normalized spacial score (nSPS) is 12.8. The highest BCUT2D eigenvalue weighted by Crippen LogP contribution is 2.50. The molecule has 0 saturated heterocycles. The van der Waals surface area contributed by atoms with Crippen molar-refractivity contribution >= 4 is 30.6 Å². The Morgan fingerprint density at radius 1 is 0.556 bits per heavy atom. The SMILES string of the molecule is FC(F)(F)c1ccc2c(c1)c1cc(C(F)(F)F)ccc1[s+]2-c1ccccc1. The fraction of sp³-hybridized carbons (Fsp3) is 0.100. The van der Waals surface area contributed by atoms with E-state index in [-0.39, 0.29) is 10.8 Å². The minimum atomic E-state index is -4.56. The second-order valence-corrected chi connectivity index (χ2v) is 8.00. The first kappa shape index (κ1) is 17.9. The average molecular weight is 397 g/mol. The summed E-state index contributed by atoms with van der Waals surface area (Å²) in [5.41, 5.74) is -1.74. The van der Waals surface area contributed by atoms with E-state index in [1.54, 1.807) is 12.1 Å². The van der Waals surface area contributed by atoms with Crippen LogP contribution in [0, 0.1) is 0 Å². The Labute approximate surface area is 152 Å². The molecule has 0 N–H and O–H groups in total. The predicted molar refractivity (Wildman–Crippen MR) is 95.3 cm³/mol. The molecule has 0 atom stereocenters. The number of rotatable bonds is 1. The summed E-state index contributed by atoms with van der Waals surface area (Å²) >= 11 is 0. The molecule has 7 heteroatoms. The van der Waals surface area contributed by atoms with E-state index in [0.29, 0.717) is 9.40 Å². The first-order chi connectivity index (χ1) is 12.7. The van der Waals surface area contributed by atoms with E-state index < -0.39 is 33.9 Å². The van der Waals surface area contributed by atoms with Gasteiger partial charge in [-0.25, -0.2) is 0 Å². The standard InChI is InChI=1S/C20H11F6S/c21-19(22,23)12-6-8-17-15(10-12)16-11-13(20(24,25)26)7-9-18(16)27(17)14-4-2-1-3-5-14/h1-11H/q+1. The summed E-state index contributed by atoms with van der Waals surface area (Å²) in [6.45, 7) is 0. The van der Waals surface area contributed by atoms with Gasteiger partial charge in [0.25, 0.3) is 0 Å². The highest BCUT2D eigenvalue weighted by atomic mass is 32.2. The molecule has 138 valence electrons. The van der Waals surface area contributed by atoms with Crippen LogP contribution in [0.4, 0.5) is 26.3 Å². The van der Waals surface area contributed by atoms with Crippen molar-refractivity contribution in [1.82, 2.24) is 0 Å². The largest absolute Gasteiger partial charge is 0.416 e. The Kier molecular flexibility index (Phi) is 3.96. The molecule has 4 aromatic rings. The number of hydrogen-bond acceptors (Lipinski definition) is 0. The van der Waals surface area contributed by atoms with E-state index in [1.807, 2.05) is 18.2 Å². The lowest BCUT2D eigenvalue weighted by molar-refractivity contribution is -0.138. The van der Waals surface area contributed by atoms with Crippen LogP contribution in [0.5, 0.6) is 0 Å². The lowest BCUT2D eigenvalue weighted by atomic mass is 10.1. The summed E-state index contributed by atoms with van der Waals surface area (Å²) in [6, 6.07) is 15.7. The molecule has 0 aliphatic carbocycles. The maximum Gasteiger partial charge on any atom is 0.416 e. The van der Waals surface area contributed by atoms with Gasteiger partial charge >= 0.3 is 12.4 Å². The van der Waals surface area contributed by atoms with E-state index in [1.165, 1.54) is 12.1 Å². The molecule has 0 radical (unpaired) electrons. The summed E-state index contributed by atoms with van der Waals surface area (Å²) in [6.07, 6.45) is -9.13. The predicted octanol–water partition coefficient (Wildman–Crippen LogP) is 7.77. The van der Waals surface area contributed by atoms with Crippen molar-refractivity contribution < 1.29 is 26.3 Å². The van der Waals surface area contributed by atoms with Crippen molar-refractivity contribution in [3.05, 3.63) is 77.9 Å². The molecule has 0 bridgehead atoms. The number of halogens is 6. The summed E-state index contributed by atoms with van der Waals surface area (Å²) in [5.74, 6) is 0. The van der Waals surface area contributed by atoms with Crippen LogP contribution in [0.1, 0.15) is 11.1 Å². The van der Waals surface area contributed by atoms with E-state index >= 15 is 0 Å². The molecule has 1 heterocycles. The van der Waals surface area contributed by atoms with Crippen LogP contribution in [0.3, 0.4) is 0 Å². The van der Waals surface area contributed by atoms with Gasteiger partial charge in [0.1, 0.15) is 0 Å². The third-order valence-electron chi connectivity index (χ3n) is 4.32. The molecule has 0 amide bonds. The smallest absolute Gasteiger partial charge is 0.166 e. The van der Waals surface area contributed by atoms with Crippen molar-refractivity contribution in [3.8, 4) is 4.90 Å². The molecule has 1 aromatic heterocycles. The third-order valence-corrected chi connectivity index (χ3v) is 6.66. The second kappa shape index (κ2) is 5.99. The second-order valence-electron chi connectivity index (χ2n) is 6.04. The molecule has 0 fully saturated rings. The molecule has 0 spiro atoms. The van der Waals surface area contributed by atoms with Gasteiger partial charge in [-0.05, 0) is 48.5 Å². The monoisotopic (exact) mass is 397 g/mol. The van der Waals surface area contributed by atoms with Gasteiger partial charge in [-0.15, -0.1) is 0 Å². The minimum Gasteiger partial charge on any atom is -0.166 e. The topological polar surface area (TPSA) is 0 Å². The maximum absolute atomic E-state index is 13.1. The lowest BCUT2D eigenvalue weighted by Gasteiger charge is -2.06. The molecular weight excluding hydrogens is 386 g/mol. The Hall–Kier alpha value is -2.54. The number of benzene rings is 3. The van der Waals surface area contributed by atoms with E-state index in [4.69, 9.17) is 0 Å². The molecule has 0 saturated carbocycles. The Morgan fingerprint density at radius 3 is 1.41 bits per heavy atom. The Bertz CT molecular complexity index is 1070. The van der Waals surface area contributed by atoms with Gasteiger partial charge in [0.05, 0.1) is 11.1 Å². The molecule has 0 unspecified atom stereocenters. The molecule has 3 aromatic carbocycles. The number of alkyl halides is 6. The van der Waals surface area contributed by atoms with Crippen LogP contribution in [-0.2, 0) is 12.4 Å². The zero-order chi connectivity index (χ0) is 19.4. The molecular formula is C20H11F6S+. The van der Waals surface area contributed by atoms with Crippen molar-refractivity contribution in [2.75, 3.05) is 0 Å². The van der Waals surface area contributed by atoms with E-state index in [9.17, 15) is 26.3 Å². The van der Waals surface area contributed by atoms with Crippen molar-refractivity contribution in [2.24, 2.45) is 0 Å². The zero-order valence-electron chi connectivity index (χ0n) is 13.5. The fourth-order valence-corrected chi connectivity index (χ4v) is 5.48. The molecule has 27 heavy (non-hydrogen) atoms. The van der Waals surface area contributed by atoms with Gasteiger partial charge in [0, 0.05) is 21.2 Å². The first-order valence-electron chi connectivity index (χ1n) is 7.88. The zero-order valence-corrected chi connectivity index (χ0v) is 14.3. The number of thiophene rings is 1. The van der Waals surface area contributed by atoms with Gasteiger partial charge in [-0.2, -0.15) is 26.3 Å². The van der Waals surface area contributed by atoms with Gasteiger partial charge in [-0.3, -0.25) is 0 Å². The van der Waals surface area contributed by atoms with Crippen molar-refractivity contribution in [1.29, 1.82) is 0 Å². The lowest BCUT2D eigenvalue weighted by Crippen LogP contribution is -2.04. The van der Waals surface area contributed by atoms with Crippen LogP contribution >= 0.6 is 10.5 Å². The van der Waals surface area contributed by atoms with Crippen LogP contribution in [0.15, 0.2) is 66.7 Å². The van der Waals surface area contributed by atoms with Crippen molar-refractivity contribution in [3.63, 3.8) is 0 Å². The summed E-state index contributed by atoms with van der Waals surface area (Å²) in [4.78, 5) is 0.844. The third kappa shape index (κ3) is 3.06. The molecule has 4 rings (SSSR count). The fourth-order valence-electron chi connectivity index (χ4n) is 3.12. The van der Waals surface area contributed by atoms with Gasteiger partial charge in [0.2, 0.25) is 0 Å². The number of hydrogen-bond donors (Lipinski definition) is 0. The van der Waals surface area contributed by atoms with Crippen LogP contribution in [0.2, 0.25) is 0 Å². The summed E-state index contributed by atoms with van der Waals surface area (Å²) in [7, 11) is -0.745. The van der Waals surface area contributed by atoms with E-state index in [0.717, 1.165) is 29.2 Å². The Morgan fingerprint density at radius 2 is 1.00 bits per heavy atom. The highest BCUT2D eigenvalue weighted by Gasteiger charge is 2.35. The van der Waals surface area contributed by atoms with Crippen LogP contribution in [0.25, 0.3) is 25.1 Å². The molecule has 0 nitrogen and oxygen atoms in total. The minimum absolute atomic E-state index is 0.207. The Balaban J connectivity index is 2.13. The van der Waals surface area contributed by atoms with Crippen LogP contribution in [-0.4, -0.2) is 0 Å². The molecule has 0 aliphatic rings. The maximum atomic E-state index is 13.1. The summed E-state index contributed by atoms with van der Waals surface area (Å²) < 4.78 is 80.1.